The number of carboxylic acids is 1. The van der Waals surface area contributed by atoms with Crippen molar-refractivity contribution in [2.75, 3.05) is 6.61 Å². The smallest absolute Gasteiger partial charge is 0.306 e. The van der Waals surface area contributed by atoms with Gasteiger partial charge in [-0.25, -0.2) is 0 Å². The van der Waals surface area contributed by atoms with E-state index in [2.05, 4.69) is 0 Å². The van der Waals surface area contributed by atoms with Crippen molar-refractivity contribution in [3.8, 4) is 11.8 Å². The molecule has 0 radical (unpaired) electrons. The Kier molecular flexibility index (Phi) is 4.71. The summed E-state index contributed by atoms with van der Waals surface area (Å²) in [4.78, 5) is 10.9. The fourth-order valence-corrected chi connectivity index (χ4v) is 2.68. The average Bonchev–Trinajstić information content (AvgIpc) is 2.46. The van der Waals surface area contributed by atoms with Gasteiger partial charge in [0.2, 0.25) is 0 Å². The molecule has 6 heteroatoms. The lowest BCUT2D eigenvalue weighted by Crippen LogP contribution is -2.41. The summed E-state index contributed by atoms with van der Waals surface area (Å²) in [5.74, 6) is -0.790. The number of hydrogen-bond donors (Lipinski definition) is 2. The van der Waals surface area contributed by atoms with Crippen LogP contribution in [0.15, 0.2) is 18.2 Å². The first-order chi connectivity index (χ1) is 9.93. The highest BCUT2D eigenvalue weighted by atomic mass is 35.5. The number of ether oxygens (including phenoxy) is 1. The minimum atomic E-state index is -1.02. The van der Waals surface area contributed by atoms with Gasteiger partial charge in [-0.1, -0.05) is 11.6 Å². The zero-order valence-corrected chi connectivity index (χ0v) is 12.1. The summed E-state index contributed by atoms with van der Waals surface area (Å²) in [6, 6.07) is 6.66. The molecule has 1 aromatic rings. The number of rotatable bonds is 4. The van der Waals surface area contributed by atoms with Gasteiger partial charge in [-0.15, -0.1) is 0 Å². The van der Waals surface area contributed by atoms with Crippen molar-refractivity contribution in [3.63, 3.8) is 0 Å². The van der Waals surface area contributed by atoms with Crippen molar-refractivity contribution in [1.29, 1.82) is 5.26 Å². The molecule has 1 aromatic carbocycles. The standard InChI is InChI=1S/C15H16ClNO4/c16-12-7-10(8-17)1-2-13(12)21-9-15(20)5-3-11(4-6-15)14(18)19/h1-2,7,11,20H,3-6,9H2,(H,18,19). The van der Waals surface area contributed by atoms with E-state index in [0.717, 1.165) is 0 Å². The first kappa shape index (κ1) is 15.6. The van der Waals surface area contributed by atoms with Crippen LogP contribution in [0, 0.1) is 17.2 Å². The number of hydrogen-bond acceptors (Lipinski definition) is 4. The molecule has 1 saturated carbocycles. The number of halogens is 1. The molecule has 0 aromatic heterocycles. The second-order valence-corrected chi connectivity index (χ2v) is 5.79. The van der Waals surface area contributed by atoms with E-state index in [1.54, 1.807) is 12.1 Å². The van der Waals surface area contributed by atoms with Crippen molar-refractivity contribution in [3.05, 3.63) is 28.8 Å². The lowest BCUT2D eigenvalue weighted by atomic mass is 9.79. The van der Waals surface area contributed by atoms with Gasteiger partial charge in [0.15, 0.2) is 0 Å². The van der Waals surface area contributed by atoms with E-state index in [0.29, 0.717) is 42.0 Å². The van der Waals surface area contributed by atoms with Crippen LogP contribution in [0.5, 0.6) is 5.75 Å². The number of aliphatic carboxylic acids is 1. The Hall–Kier alpha value is -1.77. The predicted molar refractivity (Wildman–Crippen MR) is 76.2 cm³/mol. The second kappa shape index (κ2) is 6.33. The fourth-order valence-electron chi connectivity index (χ4n) is 2.45. The first-order valence-electron chi connectivity index (χ1n) is 6.71. The maximum absolute atomic E-state index is 10.9. The van der Waals surface area contributed by atoms with E-state index < -0.39 is 11.6 Å². The molecule has 0 saturated heterocycles. The molecule has 2 N–H and O–H groups in total. The van der Waals surface area contributed by atoms with Gasteiger partial charge < -0.3 is 14.9 Å². The Bertz CT molecular complexity index is 574. The van der Waals surface area contributed by atoms with E-state index in [1.807, 2.05) is 6.07 Å². The zero-order valence-electron chi connectivity index (χ0n) is 11.4. The molecule has 2 rings (SSSR count). The molecule has 5 nitrogen and oxygen atoms in total. The summed E-state index contributed by atoms with van der Waals surface area (Å²) < 4.78 is 5.54. The van der Waals surface area contributed by atoms with Crippen LogP contribution in [0.25, 0.3) is 0 Å². The van der Waals surface area contributed by atoms with Crippen LogP contribution >= 0.6 is 11.6 Å². The van der Waals surface area contributed by atoms with E-state index in [-0.39, 0.29) is 12.5 Å². The van der Waals surface area contributed by atoms with Gasteiger partial charge in [0, 0.05) is 0 Å². The van der Waals surface area contributed by atoms with E-state index in [1.165, 1.54) is 6.07 Å². The van der Waals surface area contributed by atoms with E-state index in [4.69, 9.17) is 26.7 Å². The van der Waals surface area contributed by atoms with E-state index in [9.17, 15) is 9.90 Å². The van der Waals surface area contributed by atoms with Crippen LogP contribution in [-0.4, -0.2) is 28.4 Å². The average molecular weight is 310 g/mol. The lowest BCUT2D eigenvalue weighted by Gasteiger charge is -2.34. The summed E-state index contributed by atoms with van der Waals surface area (Å²) in [6.45, 7) is 0.0605. The summed E-state index contributed by atoms with van der Waals surface area (Å²) in [7, 11) is 0. The molecular formula is C15H16ClNO4. The van der Waals surface area contributed by atoms with Gasteiger partial charge in [-0.05, 0) is 43.9 Å². The van der Waals surface area contributed by atoms with Gasteiger partial charge in [0.25, 0.3) is 0 Å². The molecule has 0 unspecified atom stereocenters. The molecule has 0 spiro atoms. The molecule has 0 atom stereocenters. The molecule has 0 amide bonds. The Morgan fingerprint density at radius 3 is 2.67 bits per heavy atom. The SMILES string of the molecule is N#Cc1ccc(OCC2(O)CCC(C(=O)O)CC2)c(Cl)c1. The maximum atomic E-state index is 10.9. The van der Waals surface area contributed by atoms with Crippen LogP contribution < -0.4 is 4.74 Å². The van der Waals surface area contributed by atoms with Gasteiger partial charge in [-0.2, -0.15) is 5.26 Å². The second-order valence-electron chi connectivity index (χ2n) is 5.38. The number of nitrogens with zero attached hydrogens (tertiary/aromatic N) is 1. The largest absolute Gasteiger partial charge is 0.489 e. The number of carboxylic acid groups (broad SMARTS) is 1. The Balaban J connectivity index is 1.94. The molecular weight excluding hydrogens is 294 g/mol. The van der Waals surface area contributed by atoms with Crippen LogP contribution in [-0.2, 0) is 4.79 Å². The van der Waals surface area contributed by atoms with Crippen LogP contribution in [0.3, 0.4) is 0 Å². The topological polar surface area (TPSA) is 90.5 Å². The van der Waals surface area contributed by atoms with Gasteiger partial charge >= 0.3 is 5.97 Å². The summed E-state index contributed by atoms with van der Waals surface area (Å²) >= 11 is 6.00. The molecule has 21 heavy (non-hydrogen) atoms. The molecule has 0 heterocycles. The third kappa shape index (κ3) is 3.87. The summed E-state index contributed by atoms with van der Waals surface area (Å²) in [5, 5.41) is 28.4. The third-order valence-corrected chi connectivity index (χ3v) is 4.12. The Labute approximate surface area is 127 Å². The van der Waals surface area contributed by atoms with Crippen LogP contribution in [0.2, 0.25) is 5.02 Å². The third-order valence-electron chi connectivity index (χ3n) is 3.82. The normalized spacial score (nSPS) is 25.1. The molecule has 0 bridgehead atoms. The van der Waals surface area contributed by atoms with E-state index >= 15 is 0 Å². The van der Waals surface area contributed by atoms with Gasteiger partial charge in [-0.3, -0.25) is 4.79 Å². The molecule has 1 aliphatic rings. The number of nitriles is 1. The van der Waals surface area contributed by atoms with Crippen molar-refractivity contribution < 1.29 is 19.7 Å². The minimum Gasteiger partial charge on any atom is -0.489 e. The van der Waals surface area contributed by atoms with Crippen molar-refractivity contribution in [2.45, 2.75) is 31.3 Å². The summed E-state index contributed by atoms with van der Waals surface area (Å²) in [5.41, 5.74) is -0.587. The number of benzene rings is 1. The van der Waals surface area contributed by atoms with Gasteiger partial charge in [0.05, 0.1) is 28.2 Å². The van der Waals surface area contributed by atoms with Crippen molar-refractivity contribution in [1.82, 2.24) is 0 Å². The van der Waals surface area contributed by atoms with Crippen molar-refractivity contribution in [2.24, 2.45) is 5.92 Å². The highest BCUT2D eigenvalue weighted by molar-refractivity contribution is 6.32. The highest BCUT2D eigenvalue weighted by Gasteiger charge is 2.36. The van der Waals surface area contributed by atoms with Crippen molar-refractivity contribution >= 4 is 17.6 Å². The quantitative estimate of drug-likeness (QED) is 0.892. The molecule has 1 fully saturated rings. The Morgan fingerprint density at radius 1 is 1.48 bits per heavy atom. The van der Waals surface area contributed by atoms with Crippen LogP contribution in [0.1, 0.15) is 31.2 Å². The number of aliphatic hydroxyl groups is 1. The first-order valence-corrected chi connectivity index (χ1v) is 7.09. The molecule has 1 aliphatic carbocycles. The minimum absolute atomic E-state index is 0.0605. The maximum Gasteiger partial charge on any atom is 0.306 e. The molecule has 0 aliphatic heterocycles. The predicted octanol–water partition coefficient (Wildman–Crippen LogP) is 2.60. The molecule has 112 valence electrons. The lowest BCUT2D eigenvalue weighted by molar-refractivity contribution is -0.145. The van der Waals surface area contributed by atoms with Gasteiger partial charge in [0.1, 0.15) is 12.4 Å². The highest BCUT2D eigenvalue weighted by Crippen LogP contribution is 2.34. The fraction of sp³-hybridized carbons (Fsp3) is 0.467. The number of carbonyl (C=O) groups is 1. The summed E-state index contributed by atoms with van der Waals surface area (Å²) in [6.07, 6.45) is 1.66. The van der Waals surface area contributed by atoms with Crippen LogP contribution in [0.4, 0.5) is 0 Å². The zero-order chi connectivity index (χ0) is 15.5. The monoisotopic (exact) mass is 309 g/mol. The Morgan fingerprint density at radius 2 is 2.14 bits per heavy atom.